The number of nitriles is 1. The summed E-state index contributed by atoms with van der Waals surface area (Å²) < 4.78 is 29.6. The molecule has 0 aliphatic carbocycles. The van der Waals surface area contributed by atoms with Gasteiger partial charge in [-0.1, -0.05) is 6.07 Å². The number of pyridine rings is 1. The zero-order valence-electron chi connectivity index (χ0n) is 7.50. The first-order valence-corrected chi connectivity index (χ1v) is 3.88. The Balaban J connectivity index is 3.11. The quantitative estimate of drug-likeness (QED) is 0.747. The molecule has 0 radical (unpaired) electrons. The third-order valence-electron chi connectivity index (χ3n) is 1.67. The molecule has 0 N–H and O–H groups in total. The van der Waals surface area contributed by atoms with Crippen LogP contribution in [0.25, 0.3) is 0 Å². The molecule has 0 spiro atoms. The number of nitrogens with zero attached hydrogens (tertiary/aromatic N) is 2. The minimum absolute atomic E-state index is 0.0728. The van der Waals surface area contributed by atoms with Gasteiger partial charge >= 0.3 is 0 Å². The van der Waals surface area contributed by atoms with Crippen molar-refractivity contribution in [3.05, 3.63) is 23.4 Å². The summed E-state index contributed by atoms with van der Waals surface area (Å²) in [7, 11) is 1.35. The summed E-state index contributed by atoms with van der Waals surface area (Å²) >= 11 is 0. The van der Waals surface area contributed by atoms with Crippen molar-refractivity contribution in [3.63, 3.8) is 0 Å². The number of methoxy groups -OCH3 is 1. The molecule has 1 rings (SSSR count). The fourth-order valence-electron chi connectivity index (χ4n) is 1.02. The molecule has 14 heavy (non-hydrogen) atoms. The number of halogens is 2. The second kappa shape index (κ2) is 4.51. The lowest BCUT2D eigenvalue weighted by Crippen LogP contribution is -2.00. The smallest absolute Gasteiger partial charge is 0.280 e. The number of hydrogen-bond donors (Lipinski definition) is 0. The fourth-order valence-corrected chi connectivity index (χ4v) is 1.02. The van der Waals surface area contributed by atoms with Crippen LogP contribution in [0, 0.1) is 11.3 Å². The van der Waals surface area contributed by atoms with Crippen LogP contribution in [-0.2, 0) is 6.42 Å². The predicted octanol–water partition coefficient (Wildman–Crippen LogP) is 2.09. The maximum Gasteiger partial charge on any atom is 0.280 e. The van der Waals surface area contributed by atoms with Crippen molar-refractivity contribution < 1.29 is 13.5 Å². The molecular weight excluding hydrogens is 190 g/mol. The van der Waals surface area contributed by atoms with Gasteiger partial charge in [0.25, 0.3) is 6.43 Å². The van der Waals surface area contributed by atoms with Crippen molar-refractivity contribution in [3.8, 4) is 11.9 Å². The topological polar surface area (TPSA) is 45.9 Å². The summed E-state index contributed by atoms with van der Waals surface area (Å²) in [4.78, 5) is 3.59. The van der Waals surface area contributed by atoms with E-state index in [1.807, 2.05) is 0 Å². The molecular formula is C9H8F2N2O. The van der Waals surface area contributed by atoms with Crippen molar-refractivity contribution in [2.75, 3.05) is 7.11 Å². The monoisotopic (exact) mass is 198 g/mol. The van der Waals surface area contributed by atoms with Crippen molar-refractivity contribution in [2.24, 2.45) is 0 Å². The van der Waals surface area contributed by atoms with Crippen LogP contribution >= 0.6 is 0 Å². The van der Waals surface area contributed by atoms with Crippen LogP contribution in [0.4, 0.5) is 8.78 Å². The molecule has 1 aromatic rings. The number of hydrogen-bond acceptors (Lipinski definition) is 3. The van der Waals surface area contributed by atoms with Gasteiger partial charge in [0.05, 0.1) is 19.6 Å². The van der Waals surface area contributed by atoms with E-state index in [2.05, 4.69) is 4.98 Å². The summed E-state index contributed by atoms with van der Waals surface area (Å²) in [5.41, 5.74) is -0.144. The summed E-state index contributed by atoms with van der Waals surface area (Å²) in [5, 5.41) is 8.40. The molecule has 0 aliphatic rings. The number of alkyl halides is 2. The Hall–Kier alpha value is -1.70. The Morgan fingerprint density at radius 1 is 1.57 bits per heavy atom. The van der Waals surface area contributed by atoms with Gasteiger partial charge in [-0.15, -0.1) is 0 Å². The van der Waals surface area contributed by atoms with Gasteiger partial charge in [-0.25, -0.2) is 13.8 Å². The predicted molar refractivity (Wildman–Crippen MR) is 45.1 cm³/mol. The second-order valence-corrected chi connectivity index (χ2v) is 2.53. The zero-order chi connectivity index (χ0) is 10.6. The molecule has 74 valence electrons. The van der Waals surface area contributed by atoms with Crippen LogP contribution < -0.4 is 4.74 Å². The molecule has 0 aromatic carbocycles. The highest BCUT2D eigenvalue weighted by Gasteiger charge is 2.15. The molecule has 0 bridgehead atoms. The average molecular weight is 198 g/mol. The average Bonchev–Trinajstić information content (AvgIpc) is 2.18. The molecule has 0 fully saturated rings. The molecule has 0 saturated carbocycles. The van der Waals surface area contributed by atoms with Crippen LogP contribution in [0.2, 0.25) is 0 Å². The Labute approximate surface area is 79.9 Å². The first-order chi connectivity index (χ1) is 6.69. The van der Waals surface area contributed by atoms with Gasteiger partial charge in [0.15, 0.2) is 0 Å². The molecule has 1 heterocycles. The minimum atomic E-state index is -2.69. The lowest BCUT2D eigenvalue weighted by atomic mass is 10.1. The largest absolute Gasteiger partial charge is 0.481 e. The van der Waals surface area contributed by atoms with Gasteiger partial charge < -0.3 is 4.74 Å². The van der Waals surface area contributed by atoms with Gasteiger partial charge in [-0.3, -0.25) is 0 Å². The summed E-state index contributed by atoms with van der Waals surface area (Å²) in [6, 6.07) is 4.69. The Kier molecular flexibility index (Phi) is 3.35. The molecule has 0 unspecified atom stereocenters. The highest BCUT2D eigenvalue weighted by atomic mass is 19.3. The summed E-state index contributed by atoms with van der Waals surface area (Å²) in [6.45, 7) is 0. The summed E-state index contributed by atoms with van der Waals surface area (Å²) in [6.07, 6.45) is -2.76. The van der Waals surface area contributed by atoms with E-state index in [1.54, 1.807) is 6.07 Å². The summed E-state index contributed by atoms with van der Waals surface area (Å²) in [5.74, 6) is 0.127. The molecule has 0 aliphatic heterocycles. The van der Waals surface area contributed by atoms with E-state index in [-0.39, 0.29) is 23.6 Å². The van der Waals surface area contributed by atoms with Gasteiger partial charge in [0.1, 0.15) is 5.69 Å². The third-order valence-corrected chi connectivity index (χ3v) is 1.67. The van der Waals surface area contributed by atoms with E-state index in [9.17, 15) is 8.78 Å². The highest BCUT2D eigenvalue weighted by Crippen LogP contribution is 2.23. The maximum atomic E-state index is 12.4. The first kappa shape index (κ1) is 10.4. The molecule has 3 nitrogen and oxygen atoms in total. The normalized spacial score (nSPS) is 9.93. The third kappa shape index (κ3) is 2.16. The van der Waals surface area contributed by atoms with Crippen LogP contribution in [-0.4, -0.2) is 12.1 Å². The van der Waals surface area contributed by atoms with Gasteiger partial charge in [-0.05, 0) is 5.56 Å². The van der Waals surface area contributed by atoms with Gasteiger partial charge in [0.2, 0.25) is 5.88 Å². The lowest BCUT2D eigenvalue weighted by molar-refractivity contribution is 0.144. The standard InChI is InChI=1S/C9H8F2N2O/c1-14-7-3-2-6(4-5-12)8(13-7)9(10)11/h2-3,9H,4H2,1H3. The number of ether oxygens (including phenoxy) is 1. The van der Waals surface area contributed by atoms with Crippen molar-refractivity contribution in [1.82, 2.24) is 4.98 Å². The van der Waals surface area contributed by atoms with Crippen molar-refractivity contribution in [2.45, 2.75) is 12.8 Å². The Morgan fingerprint density at radius 3 is 2.79 bits per heavy atom. The van der Waals surface area contributed by atoms with Crippen molar-refractivity contribution >= 4 is 0 Å². The highest BCUT2D eigenvalue weighted by molar-refractivity contribution is 5.28. The molecule has 0 atom stereocenters. The maximum absolute atomic E-state index is 12.4. The Morgan fingerprint density at radius 2 is 2.29 bits per heavy atom. The first-order valence-electron chi connectivity index (χ1n) is 3.88. The van der Waals surface area contributed by atoms with E-state index in [4.69, 9.17) is 10.00 Å². The van der Waals surface area contributed by atoms with Gasteiger partial charge in [0, 0.05) is 6.07 Å². The lowest BCUT2D eigenvalue weighted by Gasteiger charge is -2.06. The molecule has 5 heteroatoms. The molecule has 1 aromatic heterocycles. The zero-order valence-corrected chi connectivity index (χ0v) is 7.50. The van der Waals surface area contributed by atoms with E-state index in [0.29, 0.717) is 0 Å². The van der Waals surface area contributed by atoms with Crippen LogP contribution in [0.15, 0.2) is 12.1 Å². The van der Waals surface area contributed by atoms with E-state index in [1.165, 1.54) is 19.2 Å². The molecule has 0 amide bonds. The fraction of sp³-hybridized carbons (Fsp3) is 0.333. The van der Waals surface area contributed by atoms with E-state index < -0.39 is 6.43 Å². The number of rotatable bonds is 3. The van der Waals surface area contributed by atoms with Gasteiger partial charge in [-0.2, -0.15) is 5.26 Å². The minimum Gasteiger partial charge on any atom is -0.481 e. The van der Waals surface area contributed by atoms with E-state index in [0.717, 1.165) is 0 Å². The van der Waals surface area contributed by atoms with E-state index >= 15 is 0 Å². The van der Waals surface area contributed by atoms with Crippen LogP contribution in [0.3, 0.4) is 0 Å². The van der Waals surface area contributed by atoms with Crippen LogP contribution in [0.5, 0.6) is 5.88 Å². The second-order valence-electron chi connectivity index (χ2n) is 2.53. The molecule has 0 saturated heterocycles. The Bertz CT molecular complexity index is 360. The number of aromatic nitrogens is 1. The van der Waals surface area contributed by atoms with Crippen molar-refractivity contribution in [1.29, 1.82) is 5.26 Å². The SMILES string of the molecule is COc1ccc(CC#N)c(C(F)F)n1. The van der Waals surface area contributed by atoms with Crippen LogP contribution in [0.1, 0.15) is 17.7 Å².